The van der Waals surface area contributed by atoms with Crippen molar-refractivity contribution >= 4 is 35.3 Å². The minimum atomic E-state index is -0.0765. The van der Waals surface area contributed by atoms with Gasteiger partial charge < -0.3 is 10.2 Å². The molecule has 0 radical (unpaired) electrons. The monoisotopic (exact) mass is 442 g/mol. The zero-order chi connectivity index (χ0) is 22.5. The lowest BCUT2D eigenvalue weighted by atomic mass is 10.1. The van der Waals surface area contributed by atoms with Crippen molar-refractivity contribution in [1.29, 1.82) is 0 Å². The van der Waals surface area contributed by atoms with E-state index in [4.69, 9.17) is 0 Å². The number of fused-ring (bicyclic) bond motifs is 1. The van der Waals surface area contributed by atoms with Crippen molar-refractivity contribution in [3.05, 3.63) is 100.0 Å². The smallest absolute Gasteiger partial charge is 0.265 e. The maximum Gasteiger partial charge on any atom is 0.265 e. The Morgan fingerprint density at radius 2 is 1.81 bits per heavy atom. The SMILES string of the molecule is CCCNC(=O)c1ccc(C=C2Sc3ccccc3N(Cc3cccc(C)c3)C2=O)cc1. The van der Waals surface area contributed by atoms with Crippen LogP contribution in [0.25, 0.3) is 6.08 Å². The maximum absolute atomic E-state index is 13.4. The molecule has 2 amide bonds. The number of hydrogen-bond donors (Lipinski definition) is 1. The molecule has 0 bridgehead atoms. The summed E-state index contributed by atoms with van der Waals surface area (Å²) in [7, 11) is 0. The Hall–Kier alpha value is -3.31. The van der Waals surface area contributed by atoms with E-state index in [1.807, 2.05) is 60.4 Å². The van der Waals surface area contributed by atoms with Gasteiger partial charge in [-0.05, 0) is 54.8 Å². The third-order valence-electron chi connectivity index (χ3n) is 5.26. The zero-order valence-corrected chi connectivity index (χ0v) is 19.1. The number of carbonyl (C=O) groups is 2. The summed E-state index contributed by atoms with van der Waals surface area (Å²) in [5.74, 6) is -0.0904. The number of benzene rings is 3. The molecule has 1 aliphatic rings. The number of nitrogens with zero attached hydrogens (tertiary/aromatic N) is 1. The molecule has 0 aromatic heterocycles. The molecule has 32 heavy (non-hydrogen) atoms. The molecule has 0 unspecified atom stereocenters. The molecule has 1 N–H and O–H groups in total. The average Bonchev–Trinajstić information content (AvgIpc) is 2.80. The topological polar surface area (TPSA) is 49.4 Å². The Morgan fingerprint density at radius 3 is 2.56 bits per heavy atom. The van der Waals surface area contributed by atoms with Gasteiger partial charge in [0.2, 0.25) is 0 Å². The number of hydrogen-bond acceptors (Lipinski definition) is 3. The molecule has 4 rings (SSSR count). The standard InChI is InChI=1S/C27H26N2O2S/c1-3-15-28-26(30)22-13-11-20(12-14-22)17-25-27(31)29(18-21-8-6-7-19(2)16-21)23-9-4-5-10-24(23)32-25/h4-14,16-17H,3,15,18H2,1-2H3,(H,28,30). The van der Waals surface area contributed by atoms with E-state index in [1.54, 1.807) is 12.1 Å². The molecule has 162 valence electrons. The van der Waals surface area contributed by atoms with Crippen LogP contribution in [0.15, 0.2) is 82.6 Å². The second-order valence-electron chi connectivity index (χ2n) is 7.84. The first-order valence-electron chi connectivity index (χ1n) is 10.8. The van der Waals surface area contributed by atoms with Gasteiger partial charge in [0, 0.05) is 17.0 Å². The number of carbonyl (C=O) groups excluding carboxylic acids is 2. The van der Waals surface area contributed by atoms with E-state index < -0.39 is 0 Å². The summed E-state index contributed by atoms with van der Waals surface area (Å²) in [6, 6.07) is 23.6. The highest BCUT2D eigenvalue weighted by molar-refractivity contribution is 8.04. The van der Waals surface area contributed by atoms with Gasteiger partial charge in [0.05, 0.1) is 17.1 Å². The molecule has 0 aliphatic carbocycles. The van der Waals surface area contributed by atoms with Crippen molar-refractivity contribution in [3.8, 4) is 0 Å². The number of anilines is 1. The fourth-order valence-corrected chi connectivity index (χ4v) is 4.69. The van der Waals surface area contributed by atoms with Crippen molar-refractivity contribution in [1.82, 2.24) is 5.32 Å². The van der Waals surface area contributed by atoms with Crippen LogP contribution in [0.5, 0.6) is 0 Å². The Bertz CT molecular complexity index is 1170. The van der Waals surface area contributed by atoms with Gasteiger partial charge >= 0.3 is 0 Å². The van der Waals surface area contributed by atoms with E-state index >= 15 is 0 Å². The second kappa shape index (κ2) is 9.88. The summed E-state index contributed by atoms with van der Waals surface area (Å²) in [5, 5.41) is 2.88. The zero-order valence-electron chi connectivity index (χ0n) is 18.3. The van der Waals surface area contributed by atoms with E-state index in [1.165, 1.54) is 17.3 Å². The van der Waals surface area contributed by atoms with Crippen LogP contribution in [0.2, 0.25) is 0 Å². The molecule has 0 atom stereocenters. The van der Waals surface area contributed by atoms with Gasteiger partial charge in [-0.2, -0.15) is 0 Å². The van der Waals surface area contributed by atoms with Gasteiger partial charge in [-0.1, -0.05) is 72.8 Å². The number of thioether (sulfide) groups is 1. The van der Waals surface area contributed by atoms with Crippen molar-refractivity contribution in [3.63, 3.8) is 0 Å². The summed E-state index contributed by atoms with van der Waals surface area (Å²) < 4.78 is 0. The normalized spacial score (nSPS) is 14.4. The fourth-order valence-electron chi connectivity index (χ4n) is 3.63. The maximum atomic E-state index is 13.4. The van der Waals surface area contributed by atoms with Crippen LogP contribution in [-0.4, -0.2) is 18.4 Å². The van der Waals surface area contributed by atoms with Crippen LogP contribution in [0, 0.1) is 6.92 Å². The molecule has 0 spiro atoms. The molecule has 5 heteroatoms. The first-order valence-corrected chi connectivity index (χ1v) is 11.6. The number of para-hydroxylation sites is 1. The van der Waals surface area contributed by atoms with E-state index in [0.29, 0.717) is 23.6 Å². The molecule has 3 aromatic carbocycles. The Kier molecular flexibility index (Phi) is 6.76. The van der Waals surface area contributed by atoms with Crippen molar-refractivity contribution in [2.75, 3.05) is 11.4 Å². The first-order chi connectivity index (χ1) is 15.5. The number of nitrogens with one attached hydrogen (secondary N) is 1. The molecule has 0 saturated heterocycles. The molecular weight excluding hydrogens is 416 g/mol. The van der Waals surface area contributed by atoms with E-state index in [2.05, 4.69) is 30.4 Å². The third-order valence-corrected chi connectivity index (χ3v) is 6.34. The highest BCUT2D eigenvalue weighted by atomic mass is 32.2. The fraction of sp³-hybridized carbons (Fsp3) is 0.185. The van der Waals surface area contributed by atoms with Gasteiger partial charge in [-0.25, -0.2) is 0 Å². The minimum absolute atomic E-state index is 0.0139. The predicted octanol–water partition coefficient (Wildman–Crippen LogP) is 5.81. The quantitative estimate of drug-likeness (QED) is 0.490. The predicted molar refractivity (Wildman–Crippen MR) is 132 cm³/mol. The lowest BCUT2D eigenvalue weighted by Gasteiger charge is -2.30. The van der Waals surface area contributed by atoms with E-state index in [-0.39, 0.29) is 11.8 Å². The average molecular weight is 443 g/mol. The van der Waals surface area contributed by atoms with Crippen LogP contribution in [0.1, 0.15) is 40.4 Å². The molecule has 4 nitrogen and oxygen atoms in total. The van der Waals surface area contributed by atoms with Crippen molar-refractivity contribution < 1.29 is 9.59 Å². The molecule has 0 fully saturated rings. The largest absolute Gasteiger partial charge is 0.352 e. The summed E-state index contributed by atoms with van der Waals surface area (Å²) in [4.78, 5) is 29.2. The van der Waals surface area contributed by atoms with Crippen molar-refractivity contribution in [2.24, 2.45) is 0 Å². The Morgan fingerprint density at radius 1 is 1.03 bits per heavy atom. The van der Waals surface area contributed by atoms with Crippen LogP contribution in [0.3, 0.4) is 0 Å². The Labute approximate surface area is 193 Å². The van der Waals surface area contributed by atoms with Crippen LogP contribution in [-0.2, 0) is 11.3 Å². The molecule has 1 heterocycles. The minimum Gasteiger partial charge on any atom is -0.352 e. The number of rotatable bonds is 6. The molecule has 0 saturated carbocycles. The molecule has 3 aromatic rings. The lowest BCUT2D eigenvalue weighted by Crippen LogP contribution is -2.33. The van der Waals surface area contributed by atoms with E-state index in [9.17, 15) is 9.59 Å². The highest BCUT2D eigenvalue weighted by Gasteiger charge is 2.29. The molecule has 1 aliphatic heterocycles. The van der Waals surface area contributed by atoms with Gasteiger partial charge in [0.25, 0.3) is 11.8 Å². The van der Waals surface area contributed by atoms with Crippen LogP contribution >= 0.6 is 11.8 Å². The number of amides is 2. The van der Waals surface area contributed by atoms with Crippen LogP contribution in [0.4, 0.5) is 5.69 Å². The van der Waals surface area contributed by atoms with Crippen molar-refractivity contribution in [2.45, 2.75) is 31.7 Å². The van der Waals surface area contributed by atoms with Gasteiger partial charge in [-0.15, -0.1) is 0 Å². The van der Waals surface area contributed by atoms with Gasteiger partial charge in [-0.3, -0.25) is 9.59 Å². The summed E-state index contributed by atoms with van der Waals surface area (Å²) >= 11 is 1.49. The van der Waals surface area contributed by atoms with Gasteiger partial charge in [0.1, 0.15) is 0 Å². The highest BCUT2D eigenvalue weighted by Crippen LogP contribution is 2.42. The molecular formula is C27H26N2O2S. The third kappa shape index (κ3) is 4.94. The van der Waals surface area contributed by atoms with E-state index in [0.717, 1.165) is 28.1 Å². The van der Waals surface area contributed by atoms with Gasteiger partial charge in [0.15, 0.2) is 0 Å². The summed E-state index contributed by atoms with van der Waals surface area (Å²) in [5.41, 5.74) is 4.72. The first kappa shape index (κ1) is 21.9. The Balaban J connectivity index is 1.61. The number of aryl methyl sites for hydroxylation is 1. The second-order valence-corrected chi connectivity index (χ2v) is 8.92. The summed E-state index contributed by atoms with van der Waals surface area (Å²) in [6.07, 6.45) is 2.80. The van der Waals surface area contributed by atoms with Crippen LogP contribution < -0.4 is 10.2 Å². The lowest BCUT2D eigenvalue weighted by molar-refractivity contribution is -0.114. The summed E-state index contributed by atoms with van der Waals surface area (Å²) in [6.45, 7) is 5.26.